The van der Waals surface area contributed by atoms with Crippen LogP contribution in [0.1, 0.15) is 40.3 Å². The third-order valence-corrected chi connectivity index (χ3v) is 5.30. The van der Waals surface area contributed by atoms with E-state index in [0.29, 0.717) is 40.8 Å². The highest BCUT2D eigenvalue weighted by Crippen LogP contribution is 2.30. The molecule has 9 heteroatoms. The molecule has 0 aliphatic heterocycles. The van der Waals surface area contributed by atoms with E-state index in [4.69, 9.17) is 9.15 Å². The summed E-state index contributed by atoms with van der Waals surface area (Å²) in [6.07, 6.45) is 3.84. The predicted octanol–water partition coefficient (Wildman–Crippen LogP) is 3.53. The van der Waals surface area contributed by atoms with Gasteiger partial charge >= 0.3 is 0 Å². The number of hydrogen-bond acceptors (Lipinski definition) is 7. The second kappa shape index (κ2) is 8.91. The summed E-state index contributed by atoms with van der Waals surface area (Å²) in [5, 5.41) is 9.31. The summed E-state index contributed by atoms with van der Waals surface area (Å²) in [6.45, 7) is 1.68. The van der Waals surface area contributed by atoms with Gasteiger partial charge in [-0.05, 0) is 31.9 Å². The molecule has 1 aromatic carbocycles. The third kappa shape index (κ3) is 4.41. The maximum atomic E-state index is 12.6. The molecule has 0 radical (unpaired) electrons. The number of ether oxygens (including phenoxy) is 1. The van der Waals surface area contributed by atoms with Gasteiger partial charge in [0.2, 0.25) is 0 Å². The van der Waals surface area contributed by atoms with Crippen LogP contribution < -0.4 is 15.5 Å². The lowest BCUT2D eigenvalue weighted by atomic mass is 9.93. The lowest BCUT2D eigenvalue weighted by Crippen LogP contribution is -2.27. The molecule has 2 heterocycles. The van der Waals surface area contributed by atoms with Gasteiger partial charge in [0.05, 0.1) is 5.71 Å². The van der Waals surface area contributed by atoms with Crippen molar-refractivity contribution < 1.29 is 18.7 Å². The second-order valence-electron chi connectivity index (χ2n) is 6.69. The van der Waals surface area contributed by atoms with E-state index in [1.165, 1.54) is 11.3 Å². The number of aromatic nitrogens is 1. The minimum atomic E-state index is -0.360. The molecule has 0 saturated carbocycles. The largest absolute Gasteiger partial charge is 0.484 e. The molecule has 0 saturated heterocycles. The van der Waals surface area contributed by atoms with Crippen molar-refractivity contribution in [3.05, 3.63) is 64.6 Å². The number of fused-ring (bicyclic) bond motifs is 1. The molecule has 0 fully saturated rings. The molecule has 3 aromatic rings. The van der Waals surface area contributed by atoms with Crippen LogP contribution in [0.5, 0.6) is 5.75 Å². The Balaban J connectivity index is 1.45. The van der Waals surface area contributed by atoms with Crippen molar-refractivity contribution in [3.63, 3.8) is 0 Å². The van der Waals surface area contributed by atoms with Crippen molar-refractivity contribution in [2.24, 2.45) is 5.10 Å². The molecule has 154 valence electrons. The molecule has 1 aliphatic carbocycles. The summed E-state index contributed by atoms with van der Waals surface area (Å²) < 4.78 is 11.3. The normalized spacial score (nSPS) is 14.2. The number of thiazole rings is 1. The number of furan rings is 1. The van der Waals surface area contributed by atoms with Gasteiger partial charge in [0.15, 0.2) is 17.5 Å². The summed E-state index contributed by atoms with van der Waals surface area (Å²) in [4.78, 5) is 28.7. The van der Waals surface area contributed by atoms with E-state index in [1.807, 2.05) is 25.1 Å². The Bertz CT molecular complexity index is 1070. The number of nitrogens with one attached hydrogen (secondary N) is 2. The van der Waals surface area contributed by atoms with Crippen molar-refractivity contribution in [2.75, 3.05) is 11.9 Å². The van der Waals surface area contributed by atoms with E-state index < -0.39 is 0 Å². The summed E-state index contributed by atoms with van der Waals surface area (Å²) in [7, 11) is 0. The highest BCUT2D eigenvalue weighted by Gasteiger charge is 2.28. The maximum absolute atomic E-state index is 12.6. The van der Waals surface area contributed by atoms with Crippen molar-refractivity contribution in [2.45, 2.75) is 26.2 Å². The molecule has 4 rings (SSSR count). The van der Waals surface area contributed by atoms with Gasteiger partial charge in [0.1, 0.15) is 11.5 Å². The van der Waals surface area contributed by atoms with E-state index in [-0.39, 0.29) is 24.2 Å². The first-order chi connectivity index (χ1) is 14.6. The van der Waals surface area contributed by atoms with E-state index >= 15 is 0 Å². The van der Waals surface area contributed by atoms with Crippen molar-refractivity contribution >= 4 is 34.0 Å². The number of hydrazone groups is 1. The van der Waals surface area contributed by atoms with Crippen LogP contribution in [0.2, 0.25) is 0 Å². The fourth-order valence-corrected chi connectivity index (χ4v) is 3.79. The average molecular weight is 424 g/mol. The first-order valence-corrected chi connectivity index (χ1v) is 10.4. The Hall–Kier alpha value is -3.46. The number of para-hydroxylation sites is 1. The Morgan fingerprint density at radius 3 is 2.87 bits per heavy atom. The molecule has 0 unspecified atom stereocenters. The number of carbonyl (C=O) groups excluding carboxylic acids is 2. The topological polar surface area (TPSA) is 106 Å². The van der Waals surface area contributed by atoms with Crippen LogP contribution in [0.4, 0.5) is 5.13 Å². The molecule has 30 heavy (non-hydrogen) atoms. The van der Waals surface area contributed by atoms with Gasteiger partial charge in [-0.3, -0.25) is 14.9 Å². The maximum Gasteiger partial charge on any atom is 0.293 e. The molecular formula is C21H20N4O4S. The quantitative estimate of drug-likeness (QED) is 0.589. The van der Waals surface area contributed by atoms with Gasteiger partial charge < -0.3 is 9.15 Å². The lowest BCUT2D eigenvalue weighted by molar-refractivity contribution is -0.123. The predicted molar refractivity (Wildman–Crippen MR) is 113 cm³/mol. The Kier molecular flexibility index (Phi) is 5.89. The fourth-order valence-electron chi connectivity index (χ4n) is 3.26. The Morgan fingerprint density at radius 1 is 1.27 bits per heavy atom. The first-order valence-electron chi connectivity index (χ1n) is 9.48. The zero-order valence-electron chi connectivity index (χ0n) is 16.3. The molecule has 8 nitrogen and oxygen atoms in total. The van der Waals surface area contributed by atoms with E-state index in [2.05, 4.69) is 20.8 Å². The summed E-state index contributed by atoms with van der Waals surface area (Å²) in [5.74, 6) is 0.847. The number of nitrogens with zero attached hydrogens (tertiary/aromatic N) is 2. The van der Waals surface area contributed by atoms with Gasteiger partial charge in [-0.15, -0.1) is 11.3 Å². The van der Waals surface area contributed by atoms with Crippen LogP contribution in [-0.2, 0) is 11.2 Å². The number of aryl methyl sites for hydroxylation is 1. The van der Waals surface area contributed by atoms with Crippen LogP contribution in [-0.4, -0.2) is 29.1 Å². The van der Waals surface area contributed by atoms with Gasteiger partial charge in [-0.2, -0.15) is 5.10 Å². The average Bonchev–Trinajstić information content (AvgIpc) is 3.39. The standard InChI is InChI=1S/C21H20N4O4S/c1-13-18-15(24-25-17(26)12-28-14-6-3-2-4-7-14)8-5-9-16(18)29-19(13)20(27)23-21-22-10-11-30-21/h2-4,6-7,10-11H,5,8-9,12H2,1H3,(H,25,26)(H,22,23,27)/b24-15+. The van der Waals surface area contributed by atoms with Crippen LogP contribution in [0.25, 0.3) is 0 Å². The van der Waals surface area contributed by atoms with Crippen LogP contribution in [0, 0.1) is 6.92 Å². The monoisotopic (exact) mass is 424 g/mol. The number of hydrogen-bond donors (Lipinski definition) is 2. The molecular weight excluding hydrogens is 404 g/mol. The minimum absolute atomic E-state index is 0.139. The fraction of sp³-hybridized carbons (Fsp3) is 0.238. The van der Waals surface area contributed by atoms with Crippen molar-refractivity contribution in [1.29, 1.82) is 0 Å². The zero-order valence-corrected chi connectivity index (χ0v) is 17.1. The van der Waals surface area contributed by atoms with E-state index in [1.54, 1.807) is 23.7 Å². The van der Waals surface area contributed by atoms with E-state index in [0.717, 1.165) is 12.0 Å². The lowest BCUT2D eigenvalue weighted by Gasteiger charge is -2.13. The number of anilines is 1. The molecule has 0 spiro atoms. The van der Waals surface area contributed by atoms with Crippen LogP contribution in [0.15, 0.2) is 51.4 Å². The van der Waals surface area contributed by atoms with E-state index in [9.17, 15) is 9.59 Å². The highest BCUT2D eigenvalue weighted by atomic mass is 32.1. The summed E-state index contributed by atoms with van der Waals surface area (Å²) in [5.41, 5.74) is 4.72. The summed E-state index contributed by atoms with van der Waals surface area (Å²) in [6, 6.07) is 9.10. The molecule has 2 aromatic heterocycles. The van der Waals surface area contributed by atoms with Crippen LogP contribution in [0.3, 0.4) is 0 Å². The zero-order chi connectivity index (χ0) is 20.9. The van der Waals surface area contributed by atoms with Gasteiger partial charge in [-0.1, -0.05) is 18.2 Å². The van der Waals surface area contributed by atoms with Gasteiger partial charge in [0.25, 0.3) is 11.8 Å². The number of amides is 2. The third-order valence-electron chi connectivity index (χ3n) is 4.61. The number of rotatable bonds is 6. The molecule has 0 atom stereocenters. The second-order valence-corrected chi connectivity index (χ2v) is 7.59. The van der Waals surface area contributed by atoms with Crippen molar-refractivity contribution in [3.8, 4) is 5.75 Å². The van der Waals surface area contributed by atoms with Gasteiger partial charge in [-0.25, -0.2) is 10.4 Å². The number of benzene rings is 1. The molecule has 2 N–H and O–H groups in total. The Labute approximate surface area is 177 Å². The number of carbonyl (C=O) groups is 2. The molecule has 1 aliphatic rings. The smallest absolute Gasteiger partial charge is 0.293 e. The van der Waals surface area contributed by atoms with Crippen molar-refractivity contribution in [1.82, 2.24) is 10.4 Å². The SMILES string of the molecule is Cc1c(C(=O)Nc2nccs2)oc2c1/C(=N/NC(=O)COc1ccccc1)CCC2. The summed E-state index contributed by atoms with van der Waals surface area (Å²) >= 11 is 1.33. The highest BCUT2D eigenvalue weighted by molar-refractivity contribution is 7.13. The van der Waals surface area contributed by atoms with Crippen LogP contribution >= 0.6 is 11.3 Å². The molecule has 2 amide bonds. The Morgan fingerprint density at radius 2 is 2.10 bits per heavy atom. The van der Waals surface area contributed by atoms with Gasteiger partial charge in [0, 0.05) is 29.1 Å². The minimum Gasteiger partial charge on any atom is -0.484 e. The first kappa shape index (κ1) is 19.8. The molecule has 0 bridgehead atoms.